The van der Waals surface area contributed by atoms with Gasteiger partial charge >= 0.3 is 5.97 Å². The largest absolute Gasteiger partial charge is 0.481 e. The Balaban J connectivity index is 4.58. The summed E-state index contributed by atoms with van der Waals surface area (Å²) in [5.41, 5.74) is -0.0926. The maximum Gasteiger partial charge on any atom is 0.305 e. The Hall–Kier alpha value is -1.59. The van der Waals surface area contributed by atoms with Crippen LogP contribution in [-0.4, -0.2) is 35.0 Å². The first-order valence-electron chi connectivity index (χ1n) is 6.30. The van der Waals surface area contributed by atoms with Crippen molar-refractivity contribution in [2.24, 2.45) is 5.41 Å². The van der Waals surface area contributed by atoms with Gasteiger partial charge < -0.3 is 15.7 Å². The van der Waals surface area contributed by atoms with Gasteiger partial charge in [0.15, 0.2) is 0 Å². The second kappa shape index (κ2) is 7.11. The summed E-state index contributed by atoms with van der Waals surface area (Å²) in [6.07, 6.45) is 0.424. The summed E-state index contributed by atoms with van der Waals surface area (Å²) in [6, 6.07) is -1.12. The maximum atomic E-state index is 11.8. The van der Waals surface area contributed by atoms with Gasteiger partial charge in [-0.05, 0) is 18.8 Å². The van der Waals surface area contributed by atoms with Gasteiger partial charge in [-0.3, -0.25) is 14.4 Å². The van der Waals surface area contributed by atoms with Gasteiger partial charge in [0, 0.05) is 13.0 Å². The van der Waals surface area contributed by atoms with E-state index in [1.54, 1.807) is 6.92 Å². The summed E-state index contributed by atoms with van der Waals surface area (Å²) in [7, 11) is 0. The van der Waals surface area contributed by atoms with E-state index in [0.29, 0.717) is 6.42 Å². The van der Waals surface area contributed by atoms with Gasteiger partial charge in [0.25, 0.3) is 0 Å². The molecule has 110 valence electrons. The smallest absolute Gasteiger partial charge is 0.305 e. The van der Waals surface area contributed by atoms with E-state index in [1.165, 1.54) is 6.92 Å². The molecule has 2 unspecified atom stereocenters. The van der Waals surface area contributed by atoms with E-state index in [4.69, 9.17) is 5.11 Å². The average Bonchev–Trinajstić information content (AvgIpc) is 2.11. The Bertz CT molecular complexity index is 347. The molecular weight excluding hydrogens is 248 g/mol. The number of carboxylic acid groups (broad SMARTS) is 1. The van der Waals surface area contributed by atoms with Gasteiger partial charge in [0.2, 0.25) is 11.8 Å². The van der Waals surface area contributed by atoms with Crippen molar-refractivity contribution >= 4 is 17.8 Å². The highest BCUT2D eigenvalue weighted by Crippen LogP contribution is 2.22. The molecule has 2 atom stereocenters. The van der Waals surface area contributed by atoms with E-state index in [0.717, 1.165) is 0 Å². The minimum absolute atomic E-state index is 0.0926. The molecule has 6 nitrogen and oxygen atoms in total. The van der Waals surface area contributed by atoms with Crippen LogP contribution in [0.5, 0.6) is 0 Å². The van der Waals surface area contributed by atoms with E-state index < -0.39 is 18.1 Å². The molecule has 0 aliphatic carbocycles. The molecule has 6 heteroatoms. The molecule has 0 aliphatic heterocycles. The number of amides is 2. The van der Waals surface area contributed by atoms with Crippen LogP contribution < -0.4 is 10.6 Å². The fourth-order valence-corrected chi connectivity index (χ4v) is 1.82. The summed E-state index contributed by atoms with van der Waals surface area (Å²) < 4.78 is 0. The number of rotatable bonds is 6. The lowest BCUT2D eigenvalue weighted by Crippen LogP contribution is -2.48. The minimum Gasteiger partial charge on any atom is -0.481 e. The van der Waals surface area contributed by atoms with Crippen LogP contribution in [0.2, 0.25) is 0 Å². The van der Waals surface area contributed by atoms with E-state index in [-0.39, 0.29) is 23.7 Å². The second-order valence-electron chi connectivity index (χ2n) is 5.99. The standard InChI is InChI=1S/C13H24N2O4/c1-8(14-9(2)16)12(19)15-10(6-11(17)18)7-13(3,4)5/h8,10H,6-7H2,1-5H3,(H,14,16)(H,15,19)(H,17,18). The summed E-state index contributed by atoms with van der Waals surface area (Å²) in [6.45, 7) is 8.82. The predicted octanol–water partition coefficient (Wildman–Crippen LogP) is 0.907. The molecule has 2 amide bonds. The van der Waals surface area contributed by atoms with Gasteiger partial charge in [-0.25, -0.2) is 0 Å². The summed E-state index contributed by atoms with van der Waals surface area (Å²) in [4.78, 5) is 33.5. The number of carbonyl (C=O) groups is 3. The van der Waals surface area contributed by atoms with Gasteiger partial charge in [0.1, 0.15) is 6.04 Å². The molecule has 0 aromatic heterocycles. The zero-order valence-corrected chi connectivity index (χ0v) is 12.2. The molecule has 0 rings (SSSR count). The first kappa shape index (κ1) is 17.4. The minimum atomic E-state index is -0.957. The Morgan fingerprint density at radius 1 is 1.16 bits per heavy atom. The van der Waals surface area contributed by atoms with Crippen LogP contribution in [0.1, 0.15) is 47.5 Å². The van der Waals surface area contributed by atoms with Crippen molar-refractivity contribution in [1.29, 1.82) is 0 Å². The average molecular weight is 272 g/mol. The van der Waals surface area contributed by atoms with Crippen molar-refractivity contribution < 1.29 is 19.5 Å². The summed E-state index contributed by atoms with van der Waals surface area (Å²) in [5, 5.41) is 14.0. The molecule has 0 aromatic rings. The number of nitrogens with one attached hydrogen (secondary N) is 2. The second-order valence-corrected chi connectivity index (χ2v) is 5.99. The third kappa shape index (κ3) is 9.04. The van der Waals surface area contributed by atoms with E-state index in [2.05, 4.69) is 10.6 Å². The predicted molar refractivity (Wildman–Crippen MR) is 71.5 cm³/mol. The van der Waals surface area contributed by atoms with Crippen molar-refractivity contribution in [2.75, 3.05) is 0 Å². The van der Waals surface area contributed by atoms with Gasteiger partial charge in [0.05, 0.1) is 6.42 Å². The molecule has 0 bridgehead atoms. The lowest BCUT2D eigenvalue weighted by Gasteiger charge is -2.27. The quantitative estimate of drug-likeness (QED) is 0.669. The van der Waals surface area contributed by atoms with Crippen molar-refractivity contribution in [1.82, 2.24) is 10.6 Å². The first-order valence-corrected chi connectivity index (χ1v) is 6.30. The van der Waals surface area contributed by atoms with Crippen molar-refractivity contribution in [3.63, 3.8) is 0 Å². The Morgan fingerprint density at radius 3 is 2.05 bits per heavy atom. The number of carboxylic acids is 1. The molecule has 3 N–H and O–H groups in total. The SMILES string of the molecule is CC(=O)NC(C)C(=O)NC(CC(=O)O)CC(C)(C)C. The van der Waals surface area contributed by atoms with Crippen LogP contribution in [0.15, 0.2) is 0 Å². The van der Waals surface area contributed by atoms with Crippen LogP contribution in [0.4, 0.5) is 0 Å². The summed E-state index contributed by atoms with van der Waals surface area (Å²) >= 11 is 0. The van der Waals surface area contributed by atoms with E-state index in [9.17, 15) is 14.4 Å². The molecule has 0 heterocycles. The van der Waals surface area contributed by atoms with Crippen LogP contribution >= 0.6 is 0 Å². The number of hydrogen-bond acceptors (Lipinski definition) is 3. The Labute approximate surface area is 113 Å². The molecule has 0 fully saturated rings. The first-order chi connectivity index (χ1) is 8.51. The number of hydrogen-bond donors (Lipinski definition) is 3. The molecule has 0 saturated heterocycles. The van der Waals surface area contributed by atoms with Gasteiger partial charge in [-0.1, -0.05) is 20.8 Å². The molecule has 0 spiro atoms. The molecule has 0 aromatic carbocycles. The van der Waals surface area contributed by atoms with Crippen LogP contribution in [0.3, 0.4) is 0 Å². The highest BCUT2D eigenvalue weighted by atomic mass is 16.4. The lowest BCUT2D eigenvalue weighted by atomic mass is 9.87. The Morgan fingerprint density at radius 2 is 1.68 bits per heavy atom. The van der Waals surface area contributed by atoms with Crippen molar-refractivity contribution in [3.05, 3.63) is 0 Å². The third-order valence-electron chi connectivity index (χ3n) is 2.44. The lowest BCUT2D eigenvalue weighted by molar-refractivity contribution is -0.138. The third-order valence-corrected chi connectivity index (χ3v) is 2.44. The van der Waals surface area contributed by atoms with Crippen molar-refractivity contribution in [3.8, 4) is 0 Å². The zero-order valence-electron chi connectivity index (χ0n) is 12.2. The van der Waals surface area contributed by atoms with E-state index in [1.807, 2.05) is 20.8 Å². The molecular formula is C13H24N2O4. The molecule has 0 radical (unpaired) electrons. The fourth-order valence-electron chi connectivity index (χ4n) is 1.82. The Kier molecular flexibility index (Phi) is 6.52. The normalized spacial score (nSPS) is 14.4. The highest BCUT2D eigenvalue weighted by Gasteiger charge is 2.24. The number of carbonyl (C=O) groups excluding carboxylic acids is 2. The van der Waals surface area contributed by atoms with Gasteiger partial charge in [-0.2, -0.15) is 0 Å². The molecule has 0 aliphatic rings. The van der Waals surface area contributed by atoms with Crippen LogP contribution in [0.25, 0.3) is 0 Å². The zero-order chi connectivity index (χ0) is 15.2. The van der Waals surface area contributed by atoms with Gasteiger partial charge in [-0.15, -0.1) is 0 Å². The van der Waals surface area contributed by atoms with Crippen LogP contribution in [0, 0.1) is 5.41 Å². The number of aliphatic carboxylic acids is 1. The van der Waals surface area contributed by atoms with Crippen molar-refractivity contribution in [2.45, 2.75) is 59.5 Å². The molecule has 19 heavy (non-hydrogen) atoms. The fraction of sp³-hybridized carbons (Fsp3) is 0.769. The molecule has 0 saturated carbocycles. The summed E-state index contributed by atoms with van der Waals surface area (Å²) in [5.74, 6) is -1.62. The maximum absolute atomic E-state index is 11.8. The van der Waals surface area contributed by atoms with Crippen LogP contribution in [-0.2, 0) is 14.4 Å². The highest BCUT2D eigenvalue weighted by molar-refractivity contribution is 5.86. The van der Waals surface area contributed by atoms with E-state index >= 15 is 0 Å². The monoisotopic (exact) mass is 272 g/mol. The topological polar surface area (TPSA) is 95.5 Å².